The number of rotatable bonds is 2. The maximum atomic E-state index is 8.48. The summed E-state index contributed by atoms with van der Waals surface area (Å²) in [5, 5.41) is 4.64. The van der Waals surface area contributed by atoms with Gasteiger partial charge in [0, 0.05) is 10.6 Å². The van der Waals surface area contributed by atoms with Crippen molar-refractivity contribution in [3.05, 3.63) is 108 Å². The van der Waals surface area contributed by atoms with Crippen LogP contribution in [0.15, 0.2) is 103 Å². The van der Waals surface area contributed by atoms with Crippen LogP contribution in [0.1, 0.15) is 6.85 Å². The molecule has 0 unspecified atom stereocenters. The summed E-state index contributed by atoms with van der Waals surface area (Å²) >= 11 is 6.73. The molecule has 0 atom stereocenters. The Hall–Kier alpha value is -3.09. The van der Waals surface area contributed by atoms with Gasteiger partial charge in [0.15, 0.2) is 0 Å². The van der Waals surface area contributed by atoms with E-state index >= 15 is 0 Å². The predicted molar refractivity (Wildman–Crippen MR) is 117 cm³/mol. The maximum Gasteiger partial charge on any atom is 0.0629 e. The molecule has 0 aliphatic carbocycles. The largest absolute Gasteiger partial charge is 0.0836 e. The second-order valence-corrected chi connectivity index (χ2v) is 6.76. The van der Waals surface area contributed by atoms with Gasteiger partial charge in [0.25, 0.3) is 0 Å². The van der Waals surface area contributed by atoms with E-state index in [0.29, 0.717) is 16.1 Å². The normalized spacial score (nSPS) is 13.7. The fourth-order valence-electron chi connectivity index (χ4n) is 3.65. The fraction of sp³-hybridized carbons (Fsp3) is 0. The average Bonchev–Trinajstić information content (AvgIpc) is 2.81. The molecule has 1 heteroatoms. The number of benzene rings is 5. The van der Waals surface area contributed by atoms with Crippen molar-refractivity contribution >= 4 is 33.1 Å². The zero-order chi connectivity index (χ0) is 22.6. The highest BCUT2D eigenvalue weighted by Crippen LogP contribution is 2.42. The van der Waals surface area contributed by atoms with Gasteiger partial charge in [-0.15, -0.1) is 0 Å². The molecule has 128 valence electrons. The maximum absolute atomic E-state index is 8.48. The molecule has 0 radical (unpaired) electrons. The van der Waals surface area contributed by atoms with Crippen LogP contribution < -0.4 is 0 Å². The zero-order valence-electron chi connectivity index (χ0n) is 19.3. The van der Waals surface area contributed by atoms with E-state index in [9.17, 15) is 0 Å². The Morgan fingerprint density at radius 1 is 0.630 bits per heavy atom. The van der Waals surface area contributed by atoms with Crippen LogP contribution >= 0.6 is 11.6 Å². The zero-order valence-corrected chi connectivity index (χ0v) is 15.1. The lowest BCUT2D eigenvalue weighted by Gasteiger charge is -2.16. The van der Waals surface area contributed by atoms with E-state index in [1.54, 1.807) is 18.2 Å². The van der Waals surface area contributed by atoms with Gasteiger partial charge in [0.1, 0.15) is 0 Å². The second-order valence-electron chi connectivity index (χ2n) is 6.35. The number of hydrogen-bond acceptors (Lipinski definition) is 0. The van der Waals surface area contributed by atoms with Crippen molar-refractivity contribution in [2.24, 2.45) is 0 Å². The van der Waals surface area contributed by atoms with Crippen molar-refractivity contribution in [1.82, 2.24) is 0 Å². The van der Waals surface area contributed by atoms with Gasteiger partial charge in [0.2, 0.25) is 0 Å². The van der Waals surface area contributed by atoms with Crippen LogP contribution in [0.5, 0.6) is 0 Å². The van der Waals surface area contributed by atoms with Crippen molar-refractivity contribution in [2.45, 2.75) is 0 Å². The van der Waals surface area contributed by atoms with Crippen LogP contribution in [-0.2, 0) is 0 Å². The third-order valence-electron chi connectivity index (χ3n) is 4.82. The van der Waals surface area contributed by atoms with E-state index in [-0.39, 0.29) is 29.7 Å². The van der Waals surface area contributed by atoms with Crippen LogP contribution in [0, 0.1) is 0 Å². The third kappa shape index (κ3) is 2.70. The third-order valence-corrected chi connectivity index (χ3v) is 5.14. The first-order valence-electron chi connectivity index (χ1n) is 11.2. The molecule has 0 heterocycles. The molecule has 0 saturated heterocycles. The summed E-state index contributed by atoms with van der Waals surface area (Å²) < 4.78 is 41.1. The Balaban J connectivity index is 1.95. The molecular formula is C26H17Cl. The van der Waals surface area contributed by atoms with Crippen LogP contribution in [-0.4, -0.2) is 0 Å². The van der Waals surface area contributed by atoms with E-state index in [2.05, 4.69) is 18.2 Å². The summed E-state index contributed by atoms with van der Waals surface area (Å²) in [4.78, 5) is 0. The molecule has 0 spiro atoms. The van der Waals surface area contributed by atoms with Gasteiger partial charge in [-0.2, -0.15) is 0 Å². The molecule has 0 N–H and O–H groups in total. The monoisotopic (exact) mass is 369 g/mol. The number of halogens is 1. The molecule has 0 saturated carbocycles. The molecule has 0 amide bonds. The van der Waals surface area contributed by atoms with Crippen LogP contribution in [0.4, 0.5) is 0 Å². The van der Waals surface area contributed by atoms with E-state index < -0.39 is 6.04 Å². The molecule has 0 aromatic heterocycles. The average molecular weight is 370 g/mol. The molecule has 5 aromatic carbocycles. The van der Waals surface area contributed by atoms with Crippen molar-refractivity contribution in [2.75, 3.05) is 0 Å². The van der Waals surface area contributed by atoms with Crippen molar-refractivity contribution in [3.8, 4) is 22.3 Å². The molecule has 0 aliphatic heterocycles. The Kier molecular flexibility index (Phi) is 2.82. The molecule has 0 bridgehead atoms. The van der Waals surface area contributed by atoms with Crippen LogP contribution in [0.3, 0.4) is 0 Å². The van der Waals surface area contributed by atoms with Crippen LogP contribution in [0.2, 0.25) is 5.02 Å². The highest BCUT2D eigenvalue weighted by Gasteiger charge is 2.15. The quantitative estimate of drug-likeness (QED) is 0.277. The van der Waals surface area contributed by atoms with Gasteiger partial charge in [-0.1, -0.05) is 102 Å². The van der Waals surface area contributed by atoms with Gasteiger partial charge in [0.05, 0.1) is 6.85 Å². The van der Waals surface area contributed by atoms with E-state index in [4.69, 9.17) is 18.5 Å². The van der Waals surface area contributed by atoms with Gasteiger partial charge in [-0.05, 0) is 50.4 Å². The Labute approximate surface area is 170 Å². The summed E-state index contributed by atoms with van der Waals surface area (Å²) in [6.45, 7) is 0. The van der Waals surface area contributed by atoms with E-state index in [1.807, 2.05) is 36.4 Å². The smallest absolute Gasteiger partial charge is 0.0629 e. The minimum atomic E-state index is -0.413. The predicted octanol–water partition coefficient (Wildman–Crippen LogP) is 7.98. The van der Waals surface area contributed by atoms with Gasteiger partial charge < -0.3 is 0 Å². The SMILES string of the molecule is [2H]c1c([2H])c([2H])c(-c2cccc(Cl)c2-c2cc3ccccc3c3ccccc23)c([2H])c1[2H]. The van der Waals surface area contributed by atoms with E-state index in [1.165, 1.54) is 0 Å². The summed E-state index contributed by atoms with van der Waals surface area (Å²) in [7, 11) is 0. The first-order chi connectivity index (χ1) is 15.4. The molecule has 0 nitrogen and oxygen atoms in total. The highest BCUT2D eigenvalue weighted by atomic mass is 35.5. The summed E-state index contributed by atoms with van der Waals surface area (Å²) in [5.41, 5.74) is 2.15. The van der Waals surface area contributed by atoms with Crippen molar-refractivity contribution in [1.29, 1.82) is 0 Å². The Bertz CT molecular complexity index is 1510. The highest BCUT2D eigenvalue weighted by molar-refractivity contribution is 6.35. The lowest BCUT2D eigenvalue weighted by Crippen LogP contribution is -1.89. The van der Waals surface area contributed by atoms with Crippen molar-refractivity contribution in [3.63, 3.8) is 0 Å². The van der Waals surface area contributed by atoms with Crippen LogP contribution in [0.25, 0.3) is 43.8 Å². The molecule has 5 rings (SSSR count). The summed E-state index contributed by atoms with van der Waals surface area (Å²) in [5.74, 6) is 0. The Morgan fingerprint density at radius 2 is 1.33 bits per heavy atom. The standard InChI is InChI=1S/C26H17Cl/c27-25-16-8-15-21(18-9-2-1-3-10-18)26(25)24-17-19-11-4-5-12-20(19)22-13-6-7-14-23(22)24/h1-17H/i1D,2D,3D,9D,10D. The molecule has 27 heavy (non-hydrogen) atoms. The van der Waals surface area contributed by atoms with Gasteiger partial charge in [-0.25, -0.2) is 0 Å². The summed E-state index contributed by atoms with van der Waals surface area (Å²) in [6.07, 6.45) is 0. The molecule has 0 aliphatic rings. The minimum Gasteiger partial charge on any atom is -0.0836 e. The van der Waals surface area contributed by atoms with Crippen molar-refractivity contribution < 1.29 is 6.85 Å². The lowest BCUT2D eigenvalue weighted by atomic mass is 9.89. The first kappa shape index (κ1) is 11.6. The van der Waals surface area contributed by atoms with Gasteiger partial charge >= 0.3 is 0 Å². The van der Waals surface area contributed by atoms with E-state index in [0.717, 1.165) is 27.1 Å². The number of fused-ring (bicyclic) bond motifs is 3. The molecule has 0 fully saturated rings. The number of hydrogen-bond donors (Lipinski definition) is 0. The minimum absolute atomic E-state index is 0.144. The molecule has 5 aromatic rings. The Morgan fingerprint density at radius 3 is 2.15 bits per heavy atom. The topological polar surface area (TPSA) is 0 Å². The fourth-order valence-corrected chi connectivity index (χ4v) is 3.93. The lowest BCUT2D eigenvalue weighted by molar-refractivity contribution is 1.60. The second kappa shape index (κ2) is 6.57. The summed E-state index contributed by atoms with van der Waals surface area (Å²) in [6, 6.07) is 21.8. The molecular weight excluding hydrogens is 348 g/mol. The van der Waals surface area contributed by atoms with Gasteiger partial charge in [-0.3, -0.25) is 0 Å². The first-order valence-corrected chi connectivity index (χ1v) is 9.04.